The Hall–Kier alpha value is -4.40. The second-order valence-corrected chi connectivity index (χ2v) is 8.23. The highest BCUT2D eigenvalue weighted by molar-refractivity contribution is 5.96. The molecule has 0 saturated carbocycles. The predicted octanol–water partition coefficient (Wildman–Crippen LogP) is 3.90. The smallest absolute Gasteiger partial charge is 0.338 e. The summed E-state index contributed by atoms with van der Waals surface area (Å²) >= 11 is 0. The van der Waals surface area contributed by atoms with Crippen LogP contribution in [0.3, 0.4) is 0 Å². The van der Waals surface area contributed by atoms with Crippen molar-refractivity contribution in [3.63, 3.8) is 0 Å². The molecule has 0 spiro atoms. The minimum atomic E-state index is -0.613. The molecule has 4 aromatic rings. The number of nitrogens with one attached hydrogen (secondary N) is 1. The van der Waals surface area contributed by atoms with Crippen molar-refractivity contribution in [2.75, 3.05) is 11.9 Å². The van der Waals surface area contributed by atoms with Gasteiger partial charge >= 0.3 is 5.97 Å². The fourth-order valence-electron chi connectivity index (χ4n) is 3.46. The van der Waals surface area contributed by atoms with E-state index in [1.54, 1.807) is 31.2 Å². The first-order valence-corrected chi connectivity index (χ1v) is 11.0. The number of rotatable bonds is 7. The van der Waals surface area contributed by atoms with E-state index in [0.717, 1.165) is 21.3 Å². The first-order valence-electron chi connectivity index (χ1n) is 11.0. The van der Waals surface area contributed by atoms with Gasteiger partial charge in [0, 0.05) is 17.8 Å². The number of hydrogen-bond donors (Lipinski definition) is 1. The topological polar surface area (TPSA) is 112 Å². The maximum Gasteiger partial charge on any atom is 0.338 e. The van der Waals surface area contributed by atoms with E-state index in [2.05, 4.69) is 10.3 Å². The molecule has 0 radical (unpaired) electrons. The predicted molar refractivity (Wildman–Crippen MR) is 129 cm³/mol. The number of aromatic nitrogens is 2. The second-order valence-electron chi connectivity index (χ2n) is 8.23. The largest absolute Gasteiger partial charge is 0.483 e. The molecule has 180 valence electrons. The lowest BCUT2D eigenvalue weighted by Gasteiger charge is -2.13. The Morgan fingerprint density at radius 1 is 1.03 bits per heavy atom. The number of esters is 1. The van der Waals surface area contributed by atoms with Crippen LogP contribution in [0.2, 0.25) is 0 Å². The molecule has 0 aliphatic heterocycles. The summed E-state index contributed by atoms with van der Waals surface area (Å²) in [5, 5.41) is 2.77. The van der Waals surface area contributed by atoms with Crippen molar-refractivity contribution in [2.24, 2.45) is 0 Å². The van der Waals surface area contributed by atoms with Gasteiger partial charge in [-0.1, -0.05) is 18.2 Å². The van der Waals surface area contributed by atoms with E-state index in [1.807, 2.05) is 39.0 Å². The Balaban J connectivity index is 1.40. The van der Waals surface area contributed by atoms with Crippen LogP contribution in [-0.2, 0) is 16.1 Å². The molecular weight excluding hydrogens is 450 g/mol. The fourth-order valence-corrected chi connectivity index (χ4v) is 3.46. The van der Waals surface area contributed by atoms with Gasteiger partial charge in [0.25, 0.3) is 11.5 Å². The molecule has 4 rings (SSSR count). The number of nitrogens with zero attached hydrogens (tertiary/aromatic N) is 2. The molecule has 0 aliphatic carbocycles. The molecule has 1 amide bonds. The fraction of sp³-hybridized carbons (Fsp3) is 0.231. The van der Waals surface area contributed by atoms with E-state index in [9.17, 15) is 14.4 Å². The van der Waals surface area contributed by atoms with Gasteiger partial charge in [-0.05, 0) is 62.6 Å². The van der Waals surface area contributed by atoms with E-state index < -0.39 is 11.5 Å². The quantitative estimate of drug-likeness (QED) is 0.404. The second kappa shape index (κ2) is 9.84. The number of fused-ring (bicyclic) bond motifs is 1. The molecule has 1 N–H and O–H groups in total. The number of amides is 1. The van der Waals surface area contributed by atoms with Gasteiger partial charge in [0.2, 0.25) is 0 Å². The van der Waals surface area contributed by atoms with Crippen LogP contribution in [0.4, 0.5) is 5.69 Å². The number of hydrogen-bond acceptors (Lipinski definition) is 7. The van der Waals surface area contributed by atoms with Crippen LogP contribution in [0, 0.1) is 27.7 Å². The summed E-state index contributed by atoms with van der Waals surface area (Å²) in [6.45, 7) is 7.07. The van der Waals surface area contributed by atoms with E-state index in [4.69, 9.17) is 14.0 Å². The third kappa shape index (κ3) is 5.40. The van der Waals surface area contributed by atoms with Gasteiger partial charge in [0.05, 0.1) is 11.3 Å². The molecule has 35 heavy (non-hydrogen) atoms. The van der Waals surface area contributed by atoms with Crippen molar-refractivity contribution in [1.82, 2.24) is 9.56 Å². The average Bonchev–Trinajstić information content (AvgIpc) is 3.20. The Labute approximate surface area is 201 Å². The van der Waals surface area contributed by atoms with Crippen molar-refractivity contribution in [3.8, 4) is 5.75 Å². The third-order valence-corrected chi connectivity index (χ3v) is 5.54. The van der Waals surface area contributed by atoms with Crippen molar-refractivity contribution in [3.05, 3.63) is 92.6 Å². The third-order valence-electron chi connectivity index (χ3n) is 5.54. The number of carbonyl (C=O) groups excluding carboxylic acids is 2. The van der Waals surface area contributed by atoms with Crippen LogP contribution in [0.15, 0.2) is 57.8 Å². The van der Waals surface area contributed by atoms with Gasteiger partial charge < -0.3 is 19.3 Å². The summed E-state index contributed by atoms with van der Waals surface area (Å²) in [6.07, 6.45) is 0. The Bertz CT molecular complexity index is 1480. The van der Waals surface area contributed by atoms with Crippen LogP contribution >= 0.6 is 0 Å². The highest BCUT2D eigenvalue weighted by atomic mass is 16.5. The van der Waals surface area contributed by atoms with Gasteiger partial charge in [-0.15, -0.1) is 4.57 Å². The van der Waals surface area contributed by atoms with Gasteiger partial charge in [-0.2, -0.15) is 0 Å². The normalized spacial score (nSPS) is 10.9. The average molecular weight is 476 g/mol. The molecule has 0 unspecified atom stereocenters. The zero-order valence-corrected chi connectivity index (χ0v) is 19.9. The number of carbonyl (C=O) groups is 2. The van der Waals surface area contributed by atoms with E-state index in [-0.39, 0.29) is 24.7 Å². The Morgan fingerprint density at radius 2 is 1.83 bits per heavy atom. The SMILES string of the molecule is Cc1cc2nc(COC(=O)c3ccc(C)c(NC(=O)COc4cccc(C)c4C)c3)cc(=O)n2o1. The Kier molecular flexibility index (Phi) is 6.68. The molecule has 2 aromatic carbocycles. The zero-order valence-electron chi connectivity index (χ0n) is 19.9. The van der Waals surface area contributed by atoms with Gasteiger partial charge in [0.1, 0.15) is 18.1 Å². The molecule has 2 heterocycles. The Morgan fingerprint density at radius 3 is 2.63 bits per heavy atom. The molecule has 9 nitrogen and oxygen atoms in total. The number of aryl methyl sites for hydroxylation is 3. The summed E-state index contributed by atoms with van der Waals surface area (Å²) < 4.78 is 17.3. The maximum absolute atomic E-state index is 12.6. The number of anilines is 1. The highest BCUT2D eigenvalue weighted by Gasteiger charge is 2.14. The molecule has 0 saturated heterocycles. The van der Waals surface area contributed by atoms with Gasteiger partial charge in [-0.3, -0.25) is 9.59 Å². The number of ether oxygens (including phenoxy) is 2. The van der Waals surface area contributed by atoms with Crippen molar-refractivity contribution in [2.45, 2.75) is 34.3 Å². The molecule has 0 atom stereocenters. The maximum atomic E-state index is 12.6. The number of benzene rings is 2. The zero-order chi connectivity index (χ0) is 25.1. The van der Waals surface area contributed by atoms with Crippen molar-refractivity contribution >= 4 is 23.2 Å². The van der Waals surface area contributed by atoms with E-state index in [1.165, 1.54) is 6.07 Å². The standard InChI is InChI=1S/C26H25N3O6/c1-15-6-5-7-22(18(15)4)33-14-24(30)28-21-11-19(9-8-16(21)2)26(32)34-13-20-12-25(31)29-23(27-20)10-17(3)35-29/h5-12H,13-14H2,1-4H3,(H,28,30). The molecule has 0 fully saturated rings. The van der Waals surface area contributed by atoms with Crippen LogP contribution in [0.25, 0.3) is 5.65 Å². The minimum absolute atomic E-state index is 0.171. The molecule has 0 bridgehead atoms. The summed E-state index contributed by atoms with van der Waals surface area (Å²) in [5.74, 6) is 0.217. The van der Waals surface area contributed by atoms with Crippen LogP contribution in [0.5, 0.6) is 5.75 Å². The van der Waals surface area contributed by atoms with Crippen molar-refractivity contribution < 1.29 is 23.6 Å². The van der Waals surface area contributed by atoms with Crippen LogP contribution < -0.4 is 15.6 Å². The van der Waals surface area contributed by atoms with E-state index >= 15 is 0 Å². The van der Waals surface area contributed by atoms with Gasteiger partial charge in [-0.25, -0.2) is 9.78 Å². The summed E-state index contributed by atoms with van der Waals surface area (Å²) in [5.41, 5.74) is 3.78. The molecular formula is C26H25N3O6. The summed E-state index contributed by atoms with van der Waals surface area (Å²) in [4.78, 5) is 41.5. The molecule has 0 aliphatic rings. The first-order chi connectivity index (χ1) is 16.7. The van der Waals surface area contributed by atoms with E-state index in [0.29, 0.717) is 28.5 Å². The summed E-state index contributed by atoms with van der Waals surface area (Å²) in [7, 11) is 0. The highest BCUT2D eigenvalue weighted by Crippen LogP contribution is 2.21. The monoisotopic (exact) mass is 475 g/mol. The lowest BCUT2D eigenvalue weighted by Crippen LogP contribution is -2.21. The van der Waals surface area contributed by atoms with Crippen LogP contribution in [0.1, 0.15) is 38.5 Å². The summed E-state index contributed by atoms with van der Waals surface area (Å²) in [6, 6.07) is 13.4. The van der Waals surface area contributed by atoms with Crippen LogP contribution in [-0.4, -0.2) is 28.0 Å². The lowest BCUT2D eigenvalue weighted by atomic mass is 10.1. The van der Waals surface area contributed by atoms with Crippen molar-refractivity contribution in [1.29, 1.82) is 0 Å². The lowest BCUT2D eigenvalue weighted by molar-refractivity contribution is -0.118. The van der Waals surface area contributed by atoms with Gasteiger partial charge in [0.15, 0.2) is 12.3 Å². The molecule has 9 heteroatoms. The molecule has 2 aromatic heterocycles. The first kappa shape index (κ1) is 23.7. The minimum Gasteiger partial charge on any atom is -0.483 e.